The maximum Gasteiger partial charge on any atom is 0.222 e. The molecule has 1 fully saturated rings. The van der Waals surface area contributed by atoms with Gasteiger partial charge in [0, 0.05) is 13.0 Å². The van der Waals surface area contributed by atoms with E-state index in [1.165, 1.54) is 5.56 Å². The van der Waals surface area contributed by atoms with E-state index in [-0.39, 0.29) is 23.5 Å². The summed E-state index contributed by atoms with van der Waals surface area (Å²) in [6, 6.07) is 8.64. The normalized spacial score (nSPS) is 18.9. The average Bonchev–Trinajstić information content (AvgIpc) is 3.09. The lowest BCUT2D eigenvalue weighted by molar-refractivity contribution is -0.123. The Morgan fingerprint density at radius 1 is 1.27 bits per heavy atom. The summed E-state index contributed by atoms with van der Waals surface area (Å²) in [5.74, 6) is 0.364. The van der Waals surface area contributed by atoms with Gasteiger partial charge in [-0.3, -0.25) is 4.79 Å². The Morgan fingerprint density at radius 2 is 1.96 bits per heavy atom. The summed E-state index contributed by atoms with van der Waals surface area (Å²) in [5.41, 5.74) is 2.59. The van der Waals surface area contributed by atoms with Gasteiger partial charge in [-0.1, -0.05) is 58.9 Å². The van der Waals surface area contributed by atoms with Gasteiger partial charge in [-0.05, 0) is 35.3 Å². The number of hydrogen-bond acceptors (Lipinski definition) is 3. The van der Waals surface area contributed by atoms with Crippen LogP contribution in [0.1, 0.15) is 71.0 Å². The molecule has 0 saturated carbocycles. The van der Waals surface area contributed by atoms with Crippen molar-refractivity contribution < 1.29 is 14.3 Å². The van der Waals surface area contributed by atoms with Crippen LogP contribution in [-0.4, -0.2) is 31.8 Å². The van der Waals surface area contributed by atoms with Crippen molar-refractivity contribution >= 4 is 5.91 Å². The smallest absolute Gasteiger partial charge is 0.222 e. The molecule has 0 aromatic heterocycles. The number of hydrogen-bond donors (Lipinski definition) is 1. The topological polar surface area (TPSA) is 47.6 Å². The summed E-state index contributed by atoms with van der Waals surface area (Å²) in [6.45, 7) is 12.8. The molecule has 1 aliphatic rings. The third kappa shape index (κ3) is 6.40. The Hall–Kier alpha value is -1.39. The van der Waals surface area contributed by atoms with Crippen molar-refractivity contribution in [1.29, 1.82) is 0 Å². The molecule has 2 rings (SSSR count). The third-order valence-corrected chi connectivity index (χ3v) is 4.92. The highest BCUT2D eigenvalue weighted by Crippen LogP contribution is 2.26. The minimum atomic E-state index is 0.0229. The molecular formula is C22H35NO3. The SMILES string of the molecule is CC(C)C(NC(=O)CCOCC1CCCO1)c1ccc(C(C)(C)C)cc1. The van der Waals surface area contributed by atoms with Crippen LogP contribution in [0.3, 0.4) is 0 Å². The van der Waals surface area contributed by atoms with E-state index in [1.54, 1.807) is 0 Å². The molecule has 4 nitrogen and oxygen atoms in total. The van der Waals surface area contributed by atoms with Gasteiger partial charge in [0.1, 0.15) is 0 Å². The van der Waals surface area contributed by atoms with E-state index in [9.17, 15) is 4.79 Å². The Balaban J connectivity index is 1.83. The van der Waals surface area contributed by atoms with E-state index < -0.39 is 0 Å². The van der Waals surface area contributed by atoms with Gasteiger partial charge in [0.15, 0.2) is 0 Å². The predicted molar refractivity (Wildman–Crippen MR) is 105 cm³/mol. The number of benzene rings is 1. The number of ether oxygens (including phenoxy) is 2. The molecule has 146 valence electrons. The van der Waals surface area contributed by atoms with Crippen LogP contribution in [-0.2, 0) is 19.7 Å². The number of carbonyl (C=O) groups excluding carboxylic acids is 1. The molecule has 0 radical (unpaired) electrons. The van der Waals surface area contributed by atoms with Gasteiger partial charge < -0.3 is 14.8 Å². The Morgan fingerprint density at radius 3 is 2.50 bits per heavy atom. The van der Waals surface area contributed by atoms with E-state index in [0.29, 0.717) is 25.6 Å². The maximum absolute atomic E-state index is 12.3. The Kier molecular flexibility index (Phi) is 7.66. The fourth-order valence-corrected chi connectivity index (χ4v) is 3.23. The first kappa shape index (κ1) is 20.9. The second-order valence-corrected chi connectivity index (χ2v) is 8.62. The molecule has 1 heterocycles. The number of rotatable bonds is 8. The minimum Gasteiger partial charge on any atom is -0.378 e. The van der Waals surface area contributed by atoms with E-state index in [1.807, 2.05) is 0 Å². The summed E-state index contributed by atoms with van der Waals surface area (Å²) in [4.78, 5) is 12.3. The Bertz CT molecular complexity index is 554. The lowest BCUT2D eigenvalue weighted by Gasteiger charge is -2.25. The van der Waals surface area contributed by atoms with E-state index in [2.05, 4.69) is 64.2 Å². The number of nitrogens with one attached hydrogen (secondary N) is 1. The van der Waals surface area contributed by atoms with Gasteiger partial charge in [0.2, 0.25) is 5.91 Å². The van der Waals surface area contributed by atoms with E-state index >= 15 is 0 Å². The maximum atomic E-state index is 12.3. The molecule has 26 heavy (non-hydrogen) atoms. The molecule has 1 aromatic carbocycles. The lowest BCUT2D eigenvalue weighted by atomic mass is 9.85. The molecule has 2 atom stereocenters. The van der Waals surface area contributed by atoms with Crippen molar-refractivity contribution in [2.24, 2.45) is 5.92 Å². The standard InChI is InChI=1S/C22H35NO3/c1-16(2)21(17-8-10-18(11-9-17)22(3,4)5)23-20(24)12-14-25-15-19-7-6-13-26-19/h8-11,16,19,21H,6-7,12-15H2,1-5H3,(H,23,24). The van der Waals surface area contributed by atoms with Crippen molar-refractivity contribution in [1.82, 2.24) is 5.32 Å². The van der Waals surface area contributed by atoms with Crippen LogP contribution >= 0.6 is 0 Å². The first-order chi connectivity index (χ1) is 12.3. The van der Waals surface area contributed by atoms with Crippen molar-refractivity contribution in [3.63, 3.8) is 0 Å². The molecule has 1 aromatic rings. The molecule has 0 spiro atoms. The van der Waals surface area contributed by atoms with Crippen LogP contribution in [0.2, 0.25) is 0 Å². The first-order valence-corrected chi connectivity index (χ1v) is 9.86. The van der Waals surface area contributed by atoms with Crippen molar-refractivity contribution in [2.75, 3.05) is 19.8 Å². The average molecular weight is 362 g/mol. The summed E-state index contributed by atoms with van der Waals surface area (Å²) in [6.07, 6.45) is 2.77. The van der Waals surface area contributed by atoms with Crippen LogP contribution < -0.4 is 5.32 Å². The molecule has 1 saturated heterocycles. The minimum absolute atomic E-state index is 0.0229. The van der Waals surface area contributed by atoms with Crippen molar-refractivity contribution in [2.45, 2.75) is 71.4 Å². The van der Waals surface area contributed by atoms with Crippen LogP contribution in [0.4, 0.5) is 0 Å². The second kappa shape index (κ2) is 9.52. The second-order valence-electron chi connectivity index (χ2n) is 8.62. The van der Waals surface area contributed by atoms with Crippen LogP contribution in [0.5, 0.6) is 0 Å². The highest BCUT2D eigenvalue weighted by Gasteiger charge is 2.20. The molecule has 1 aliphatic heterocycles. The molecule has 0 bridgehead atoms. The molecule has 1 N–H and O–H groups in total. The molecular weight excluding hydrogens is 326 g/mol. The molecule has 0 aliphatic carbocycles. The molecule has 4 heteroatoms. The fraction of sp³-hybridized carbons (Fsp3) is 0.682. The largest absolute Gasteiger partial charge is 0.378 e. The van der Waals surface area contributed by atoms with Gasteiger partial charge in [-0.15, -0.1) is 0 Å². The number of carbonyl (C=O) groups is 1. The quantitative estimate of drug-likeness (QED) is 0.699. The zero-order valence-corrected chi connectivity index (χ0v) is 17.0. The van der Waals surface area contributed by atoms with Crippen molar-refractivity contribution in [3.05, 3.63) is 35.4 Å². The van der Waals surface area contributed by atoms with Crippen LogP contribution in [0, 0.1) is 5.92 Å². The van der Waals surface area contributed by atoms with Gasteiger partial charge in [0.05, 0.1) is 25.4 Å². The highest BCUT2D eigenvalue weighted by molar-refractivity contribution is 5.76. The van der Waals surface area contributed by atoms with E-state index in [4.69, 9.17) is 9.47 Å². The van der Waals surface area contributed by atoms with Crippen molar-refractivity contribution in [3.8, 4) is 0 Å². The summed E-state index contributed by atoms with van der Waals surface area (Å²) < 4.78 is 11.1. The summed E-state index contributed by atoms with van der Waals surface area (Å²) in [7, 11) is 0. The first-order valence-electron chi connectivity index (χ1n) is 9.86. The zero-order valence-electron chi connectivity index (χ0n) is 17.0. The Labute approximate surface area is 158 Å². The third-order valence-electron chi connectivity index (χ3n) is 4.92. The summed E-state index contributed by atoms with van der Waals surface area (Å²) >= 11 is 0. The summed E-state index contributed by atoms with van der Waals surface area (Å²) in [5, 5.41) is 3.17. The molecule has 1 amide bonds. The van der Waals surface area contributed by atoms with E-state index in [0.717, 1.165) is 25.0 Å². The highest BCUT2D eigenvalue weighted by atomic mass is 16.5. The van der Waals surface area contributed by atoms with Gasteiger partial charge in [-0.2, -0.15) is 0 Å². The molecule has 2 unspecified atom stereocenters. The fourth-order valence-electron chi connectivity index (χ4n) is 3.23. The number of amides is 1. The predicted octanol–water partition coefficient (Wildman–Crippen LogP) is 4.38. The van der Waals surface area contributed by atoms with Gasteiger partial charge in [0.25, 0.3) is 0 Å². The monoisotopic (exact) mass is 361 g/mol. The lowest BCUT2D eigenvalue weighted by Crippen LogP contribution is -2.32. The van der Waals surface area contributed by atoms with Gasteiger partial charge >= 0.3 is 0 Å². The van der Waals surface area contributed by atoms with Crippen LogP contribution in [0.15, 0.2) is 24.3 Å². The van der Waals surface area contributed by atoms with Crippen LogP contribution in [0.25, 0.3) is 0 Å². The van der Waals surface area contributed by atoms with Gasteiger partial charge in [-0.25, -0.2) is 0 Å². The zero-order chi connectivity index (χ0) is 19.2.